The average Bonchev–Trinajstić information content (AvgIpc) is 2.24. The van der Waals surface area contributed by atoms with Gasteiger partial charge in [-0.3, -0.25) is 9.78 Å². The number of carbonyl (C=O) groups excluding carboxylic acids is 1. The van der Waals surface area contributed by atoms with Gasteiger partial charge in [0.1, 0.15) is 0 Å². The normalized spacial score (nSPS) is 10.0. The fraction of sp³-hybridized carbons (Fsp3) is 0.455. The van der Waals surface area contributed by atoms with Crippen molar-refractivity contribution in [3.8, 4) is 0 Å². The number of nitrogens with one attached hydrogen (secondary N) is 1. The average molecular weight is 208 g/mol. The van der Waals surface area contributed by atoms with Gasteiger partial charge in [0.05, 0.1) is 0 Å². The molecule has 15 heavy (non-hydrogen) atoms. The summed E-state index contributed by atoms with van der Waals surface area (Å²) in [4.78, 5) is 15.6. The number of rotatable bonds is 5. The number of hydrogen-bond acceptors (Lipinski definition) is 3. The molecule has 0 spiro atoms. The molecule has 1 aromatic rings. The second kappa shape index (κ2) is 6.14. The molecule has 0 aliphatic carbocycles. The van der Waals surface area contributed by atoms with Gasteiger partial charge in [-0.15, -0.1) is 0 Å². The monoisotopic (exact) mass is 208 g/mol. The Labute approximate surface area is 89.7 Å². The molecule has 0 saturated heterocycles. The summed E-state index contributed by atoms with van der Waals surface area (Å²) in [7, 11) is 1.65. The van der Waals surface area contributed by atoms with Crippen LogP contribution in [0.4, 0.5) is 0 Å². The van der Waals surface area contributed by atoms with E-state index in [-0.39, 0.29) is 5.91 Å². The Hall–Kier alpha value is -1.42. The minimum absolute atomic E-state index is 0.0587. The molecule has 0 saturated carbocycles. The zero-order chi connectivity index (χ0) is 11.1. The van der Waals surface area contributed by atoms with Crippen molar-refractivity contribution in [2.45, 2.75) is 13.3 Å². The summed E-state index contributed by atoms with van der Waals surface area (Å²) < 4.78 is 4.89. The molecule has 0 aromatic carbocycles. The Morgan fingerprint density at radius 2 is 2.40 bits per heavy atom. The second-order valence-corrected chi connectivity index (χ2v) is 3.29. The molecule has 0 atom stereocenters. The molecule has 0 fully saturated rings. The van der Waals surface area contributed by atoms with Gasteiger partial charge < -0.3 is 10.1 Å². The summed E-state index contributed by atoms with van der Waals surface area (Å²) in [6.45, 7) is 3.16. The number of amides is 1. The van der Waals surface area contributed by atoms with Crippen molar-refractivity contribution >= 4 is 5.91 Å². The summed E-state index contributed by atoms with van der Waals surface area (Å²) in [6.07, 6.45) is 2.46. The molecule has 0 bridgehead atoms. The van der Waals surface area contributed by atoms with Crippen LogP contribution in [0.2, 0.25) is 0 Å². The molecule has 0 aliphatic heterocycles. The smallest absolute Gasteiger partial charge is 0.251 e. The zero-order valence-electron chi connectivity index (χ0n) is 9.12. The molecule has 0 aliphatic rings. The van der Waals surface area contributed by atoms with Crippen molar-refractivity contribution < 1.29 is 9.53 Å². The van der Waals surface area contributed by atoms with Crippen molar-refractivity contribution in [2.24, 2.45) is 0 Å². The van der Waals surface area contributed by atoms with Crippen molar-refractivity contribution in [3.05, 3.63) is 29.6 Å². The van der Waals surface area contributed by atoms with Gasteiger partial charge in [-0.25, -0.2) is 0 Å². The van der Waals surface area contributed by atoms with E-state index >= 15 is 0 Å². The van der Waals surface area contributed by atoms with E-state index < -0.39 is 0 Å². The first kappa shape index (κ1) is 11.7. The molecule has 1 heterocycles. The number of methoxy groups -OCH3 is 1. The molecule has 4 heteroatoms. The number of aromatic nitrogens is 1. The van der Waals surface area contributed by atoms with Crippen LogP contribution in [0, 0.1) is 6.92 Å². The molecule has 0 unspecified atom stereocenters. The van der Waals surface area contributed by atoms with Crippen molar-refractivity contribution in [1.29, 1.82) is 0 Å². The highest BCUT2D eigenvalue weighted by molar-refractivity contribution is 5.94. The van der Waals surface area contributed by atoms with Gasteiger partial charge in [-0.05, 0) is 25.5 Å². The van der Waals surface area contributed by atoms with E-state index in [9.17, 15) is 4.79 Å². The minimum Gasteiger partial charge on any atom is -0.385 e. The molecule has 82 valence electrons. The lowest BCUT2D eigenvalue weighted by atomic mass is 10.2. The van der Waals surface area contributed by atoms with Crippen LogP contribution in [-0.4, -0.2) is 31.2 Å². The molecule has 1 N–H and O–H groups in total. The van der Waals surface area contributed by atoms with Gasteiger partial charge in [0, 0.05) is 37.7 Å². The lowest BCUT2D eigenvalue weighted by Gasteiger charge is -2.04. The molecule has 1 aromatic heterocycles. The van der Waals surface area contributed by atoms with E-state index in [1.54, 1.807) is 25.4 Å². The van der Waals surface area contributed by atoms with Crippen LogP contribution in [0.15, 0.2) is 18.3 Å². The predicted molar refractivity (Wildman–Crippen MR) is 57.8 cm³/mol. The highest BCUT2D eigenvalue weighted by Gasteiger charge is 2.04. The highest BCUT2D eigenvalue weighted by atomic mass is 16.5. The van der Waals surface area contributed by atoms with Gasteiger partial charge in [0.15, 0.2) is 0 Å². The Morgan fingerprint density at radius 3 is 3.07 bits per heavy atom. The second-order valence-electron chi connectivity index (χ2n) is 3.29. The van der Waals surface area contributed by atoms with Gasteiger partial charge in [0.2, 0.25) is 0 Å². The van der Waals surface area contributed by atoms with Gasteiger partial charge >= 0.3 is 0 Å². The van der Waals surface area contributed by atoms with Crippen LogP contribution in [0.1, 0.15) is 22.5 Å². The topological polar surface area (TPSA) is 51.2 Å². The summed E-state index contributed by atoms with van der Waals surface area (Å²) in [5, 5.41) is 2.81. The first-order valence-corrected chi connectivity index (χ1v) is 4.94. The third-order valence-electron chi connectivity index (χ3n) is 1.97. The summed E-state index contributed by atoms with van der Waals surface area (Å²) in [5.41, 5.74) is 1.50. The van der Waals surface area contributed by atoms with Crippen LogP contribution in [0.5, 0.6) is 0 Å². The first-order chi connectivity index (χ1) is 7.24. The number of hydrogen-bond donors (Lipinski definition) is 1. The van der Waals surface area contributed by atoms with Crippen molar-refractivity contribution in [3.63, 3.8) is 0 Å². The lowest BCUT2D eigenvalue weighted by molar-refractivity contribution is 0.0948. The molecule has 1 amide bonds. The van der Waals surface area contributed by atoms with Gasteiger partial charge in [-0.2, -0.15) is 0 Å². The number of aryl methyl sites for hydroxylation is 1. The quantitative estimate of drug-likeness (QED) is 0.739. The predicted octanol–water partition coefficient (Wildman–Crippen LogP) is 1.16. The summed E-state index contributed by atoms with van der Waals surface area (Å²) in [6, 6.07) is 3.48. The van der Waals surface area contributed by atoms with E-state index in [4.69, 9.17) is 4.74 Å². The van der Waals surface area contributed by atoms with Gasteiger partial charge in [-0.1, -0.05) is 0 Å². The molecule has 4 nitrogen and oxygen atoms in total. The van der Waals surface area contributed by atoms with Crippen LogP contribution in [0.3, 0.4) is 0 Å². The van der Waals surface area contributed by atoms with E-state index in [1.807, 2.05) is 6.92 Å². The maximum atomic E-state index is 11.6. The fourth-order valence-corrected chi connectivity index (χ4v) is 1.21. The summed E-state index contributed by atoms with van der Waals surface area (Å²) >= 11 is 0. The highest BCUT2D eigenvalue weighted by Crippen LogP contribution is 2.00. The van der Waals surface area contributed by atoms with Gasteiger partial charge in [0.25, 0.3) is 5.91 Å². The van der Waals surface area contributed by atoms with E-state index in [0.717, 1.165) is 12.1 Å². The maximum absolute atomic E-state index is 11.6. The van der Waals surface area contributed by atoms with E-state index in [2.05, 4.69) is 10.3 Å². The Kier molecular flexibility index (Phi) is 4.77. The van der Waals surface area contributed by atoms with Crippen molar-refractivity contribution in [1.82, 2.24) is 10.3 Å². The van der Waals surface area contributed by atoms with Crippen LogP contribution in [0.25, 0.3) is 0 Å². The number of carbonyl (C=O) groups is 1. The van der Waals surface area contributed by atoms with Crippen LogP contribution < -0.4 is 5.32 Å². The third kappa shape index (κ3) is 4.08. The van der Waals surface area contributed by atoms with Crippen LogP contribution in [-0.2, 0) is 4.74 Å². The SMILES string of the molecule is COCCCNC(=O)c1ccnc(C)c1. The Morgan fingerprint density at radius 1 is 1.60 bits per heavy atom. The van der Waals surface area contributed by atoms with E-state index in [1.165, 1.54) is 0 Å². The van der Waals surface area contributed by atoms with E-state index in [0.29, 0.717) is 18.7 Å². The number of nitrogens with zero attached hydrogens (tertiary/aromatic N) is 1. The summed E-state index contributed by atoms with van der Waals surface area (Å²) in [5.74, 6) is -0.0587. The lowest BCUT2D eigenvalue weighted by Crippen LogP contribution is -2.25. The molecule has 0 radical (unpaired) electrons. The third-order valence-corrected chi connectivity index (χ3v) is 1.97. The fourth-order valence-electron chi connectivity index (χ4n) is 1.21. The first-order valence-electron chi connectivity index (χ1n) is 4.94. The zero-order valence-corrected chi connectivity index (χ0v) is 9.12. The Balaban J connectivity index is 2.40. The van der Waals surface area contributed by atoms with Crippen LogP contribution >= 0.6 is 0 Å². The maximum Gasteiger partial charge on any atom is 0.251 e. The van der Waals surface area contributed by atoms with Crippen molar-refractivity contribution in [2.75, 3.05) is 20.3 Å². The Bertz CT molecular complexity index is 326. The molecular formula is C11H16N2O2. The largest absolute Gasteiger partial charge is 0.385 e. The molecular weight excluding hydrogens is 192 g/mol. The number of ether oxygens (including phenoxy) is 1. The number of pyridine rings is 1. The molecule has 1 rings (SSSR count). The minimum atomic E-state index is -0.0587. The standard InChI is InChI=1S/C11H16N2O2/c1-9-8-10(4-6-12-9)11(14)13-5-3-7-15-2/h4,6,8H,3,5,7H2,1-2H3,(H,13,14).